The Morgan fingerprint density at radius 1 is 1.11 bits per heavy atom. The molecule has 1 N–H and O–H groups in total. The van der Waals surface area contributed by atoms with Crippen molar-refractivity contribution in [2.45, 2.75) is 5.92 Å². The van der Waals surface area contributed by atoms with Crippen molar-refractivity contribution in [2.75, 3.05) is 44.2 Å². The molecule has 2 fully saturated rings. The maximum atomic E-state index is 13.0. The Morgan fingerprint density at radius 2 is 1.81 bits per heavy atom. The molecule has 0 aromatic carbocycles. The molecule has 27 heavy (non-hydrogen) atoms. The van der Waals surface area contributed by atoms with Gasteiger partial charge in [-0.3, -0.25) is 9.48 Å². The van der Waals surface area contributed by atoms with Gasteiger partial charge in [0, 0.05) is 70.8 Å². The first-order chi connectivity index (χ1) is 12.2. The SMILES string of the molecule is Cl.Cl.Cn1cc([C@H]2CNC[C@@H]2C(=O)N2CCN(c3ncccn3)CC2)cn1. The van der Waals surface area contributed by atoms with Crippen molar-refractivity contribution in [1.29, 1.82) is 0 Å². The quantitative estimate of drug-likeness (QED) is 0.797. The van der Waals surface area contributed by atoms with Crippen LogP contribution in [0.15, 0.2) is 30.9 Å². The lowest BCUT2D eigenvalue weighted by Crippen LogP contribution is -2.51. The fourth-order valence-electron chi connectivity index (χ4n) is 3.74. The maximum absolute atomic E-state index is 13.0. The Labute approximate surface area is 171 Å². The van der Waals surface area contributed by atoms with Crippen molar-refractivity contribution < 1.29 is 4.79 Å². The topological polar surface area (TPSA) is 79.2 Å². The number of carbonyl (C=O) groups is 1. The number of hydrogen-bond acceptors (Lipinski definition) is 6. The molecule has 0 unspecified atom stereocenters. The zero-order valence-electron chi connectivity index (χ0n) is 15.2. The molecule has 1 amide bonds. The number of carbonyl (C=O) groups excluding carboxylic acids is 1. The highest BCUT2D eigenvalue weighted by molar-refractivity contribution is 5.85. The lowest BCUT2D eigenvalue weighted by atomic mass is 9.89. The summed E-state index contributed by atoms with van der Waals surface area (Å²) in [6.45, 7) is 4.54. The van der Waals surface area contributed by atoms with E-state index in [1.165, 1.54) is 0 Å². The zero-order chi connectivity index (χ0) is 17.2. The van der Waals surface area contributed by atoms with E-state index in [1.807, 2.05) is 30.4 Å². The van der Waals surface area contributed by atoms with Gasteiger partial charge < -0.3 is 15.1 Å². The number of halogens is 2. The van der Waals surface area contributed by atoms with Gasteiger partial charge in [0.15, 0.2) is 0 Å². The molecule has 0 aliphatic carbocycles. The van der Waals surface area contributed by atoms with Crippen LogP contribution in [-0.2, 0) is 11.8 Å². The van der Waals surface area contributed by atoms with Crippen molar-refractivity contribution in [1.82, 2.24) is 30.0 Å². The van der Waals surface area contributed by atoms with Crippen LogP contribution in [0.3, 0.4) is 0 Å². The summed E-state index contributed by atoms with van der Waals surface area (Å²) >= 11 is 0. The van der Waals surface area contributed by atoms with Crippen LogP contribution in [0.5, 0.6) is 0 Å². The van der Waals surface area contributed by atoms with Gasteiger partial charge in [0.1, 0.15) is 0 Å². The number of nitrogens with one attached hydrogen (secondary N) is 1. The first-order valence-corrected chi connectivity index (χ1v) is 8.72. The predicted octanol–water partition coefficient (Wildman–Crippen LogP) is 0.705. The van der Waals surface area contributed by atoms with Gasteiger partial charge in [-0.2, -0.15) is 5.10 Å². The average molecular weight is 414 g/mol. The number of aromatic nitrogens is 4. The Morgan fingerprint density at radius 3 is 2.44 bits per heavy atom. The lowest BCUT2D eigenvalue weighted by molar-refractivity contribution is -0.135. The summed E-state index contributed by atoms with van der Waals surface area (Å²) in [5.41, 5.74) is 1.14. The van der Waals surface area contributed by atoms with Crippen LogP contribution < -0.4 is 10.2 Å². The molecular formula is C17H25Cl2N7O. The van der Waals surface area contributed by atoms with Crippen molar-refractivity contribution in [3.05, 3.63) is 36.4 Å². The predicted molar refractivity (Wildman–Crippen MR) is 108 cm³/mol. The van der Waals surface area contributed by atoms with Crippen LogP contribution >= 0.6 is 24.8 Å². The van der Waals surface area contributed by atoms with E-state index in [1.54, 1.807) is 17.1 Å². The third kappa shape index (κ3) is 4.51. The molecule has 2 aliphatic heterocycles. The van der Waals surface area contributed by atoms with Gasteiger partial charge in [-0.25, -0.2) is 9.97 Å². The van der Waals surface area contributed by atoms with Crippen molar-refractivity contribution >= 4 is 36.7 Å². The Hall–Kier alpha value is -1.90. The minimum absolute atomic E-state index is 0. The van der Waals surface area contributed by atoms with Crippen LogP contribution in [-0.4, -0.2) is 69.8 Å². The minimum atomic E-state index is -0.0104. The van der Waals surface area contributed by atoms with Crippen molar-refractivity contribution in [2.24, 2.45) is 13.0 Å². The van der Waals surface area contributed by atoms with E-state index in [-0.39, 0.29) is 42.6 Å². The third-order valence-corrected chi connectivity index (χ3v) is 5.11. The van der Waals surface area contributed by atoms with Crippen LogP contribution in [0.1, 0.15) is 11.5 Å². The van der Waals surface area contributed by atoms with Crippen molar-refractivity contribution in [3.63, 3.8) is 0 Å². The second-order valence-corrected chi connectivity index (χ2v) is 6.68. The molecule has 0 bridgehead atoms. The Balaban J connectivity index is 0.00000131. The number of hydrogen-bond donors (Lipinski definition) is 1. The molecule has 4 heterocycles. The minimum Gasteiger partial charge on any atom is -0.339 e. The highest BCUT2D eigenvalue weighted by Gasteiger charge is 2.37. The molecule has 2 saturated heterocycles. The van der Waals surface area contributed by atoms with Gasteiger partial charge in [-0.05, 0) is 11.6 Å². The molecule has 148 valence electrons. The number of piperazine rings is 1. The maximum Gasteiger partial charge on any atom is 0.227 e. The third-order valence-electron chi connectivity index (χ3n) is 5.11. The molecule has 10 heteroatoms. The first-order valence-electron chi connectivity index (χ1n) is 8.72. The summed E-state index contributed by atoms with van der Waals surface area (Å²) in [4.78, 5) is 25.8. The molecule has 2 aromatic rings. The molecule has 0 radical (unpaired) electrons. The van der Waals surface area contributed by atoms with E-state index in [0.29, 0.717) is 13.1 Å². The number of rotatable bonds is 3. The van der Waals surface area contributed by atoms with E-state index < -0.39 is 0 Å². The number of aryl methyl sites for hydroxylation is 1. The van der Waals surface area contributed by atoms with Crippen LogP contribution in [0.4, 0.5) is 5.95 Å². The summed E-state index contributed by atoms with van der Waals surface area (Å²) in [7, 11) is 1.91. The number of nitrogens with zero attached hydrogens (tertiary/aromatic N) is 6. The molecule has 2 aliphatic rings. The van der Waals surface area contributed by atoms with Crippen molar-refractivity contribution in [3.8, 4) is 0 Å². The largest absolute Gasteiger partial charge is 0.339 e. The molecule has 0 spiro atoms. The van der Waals surface area contributed by atoms with Crippen LogP contribution in [0.25, 0.3) is 0 Å². The monoisotopic (exact) mass is 413 g/mol. The van der Waals surface area contributed by atoms with Gasteiger partial charge in [-0.1, -0.05) is 0 Å². The molecule has 4 rings (SSSR count). The Bertz CT molecular complexity index is 734. The summed E-state index contributed by atoms with van der Waals surface area (Å²) < 4.78 is 1.80. The van der Waals surface area contributed by atoms with Gasteiger partial charge >= 0.3 is 0 Å². The summed E-state index contributed by atoms with van der Waals surface area (Å²) in [5.74, 6) is 1.18. The molecule has 2 atom stereocenters. The first kappa shape index (κ1) is 21.4. The zero-order valence-corrected chi connectivity index (χ0v) is 16.8. The van der Waals surface area contributed by atoms with E-state index >= 15 is 0 Å². The molecule has 2 aromatic heterocycles. The standard InChI is InChI=1S/C17H23N7O.2ClH/c1-22-12-13(9-21-22)14-10-18-11-15(14)16(25)23-5-7-24(8-6-23)17-19-3-2-4-20-17;;/h2-4,9,12,14-15,18H,5-8,10-11H2,1H3;2*1H/t14-,15+;;/m1../s1. The highest BCUT2D eigenvalue weighted by atomic mass is 35.5. The number of anilines is 1. The van der Waals surface area contributed by atoms with Gasteiger partial charge in [0.2, 0.25) is 11.9 Å². The molecule has 8 nitrogen and oxygen atoms in total. The van der Waals surface area contributed by atoms with E-state index in [2.05, 4.69) is 25.3 Å². The second kappa shape index (κ2) is 9.34. The molecular weight excluding hydrogens is 389 g/mol. The van der Waals surface area contributed by atoms with Gasteiger partial charge in [0.05, 0.1) is 12.1 Å². The van der Waals surface area contributed by atoms with Gasteiger partial charge in [0.25, 0.3) is 0 Å². The van der Waals surface area contributed by atoms with Crippen LogP contribution in [0.2, 0.25) is 0 Å². The Kier molecular flexibility index (Phi) is 7.41. The summed E-state index contributed by atoms with van der Waals surface area (Å²) in [6.07, 6.45) is 7.40. The lowest BCUT2D eigenvalue weighted by Gasteiger charge is -2.36. The molecule has 0 saturated carbocycles. The number of amides is 1. The van der Waals surface area contributed by atoms with E-state index in [4.69, 9.17) is 0 Å². The highest BCUT2D eigenvalue weighted by Crippen LogP contribution is 2.29. The second-order valence-electron chi connectivity index (χ2n) is 6.68. The summed E-state index contributed by atoms with van der Waals surface area (Å²) in [6, 6.07) is 1.81. The fraction of sp³-hybridized carbons (Fsp3) is 0.529. The average Bonchev–Trinajstić information content (AvgIpc) is 3.31. The van der Waals surface area contributed by atoms with Crippen LogP contribution in [0, 0.1) is 5.92 Å². The summed E-state index contributed by atoms with van der Waals surface area (Å²) in [5, 5.41) is 7.62. The van der Waals surface area contributed by atoms with E-state index in [0.717, 1.165) is 37.7 Å². The van der Waals surface area contributed by atoms with Gasteiger partial charge in [-0.15, -0.1) is 24.8 Å². The normalized spacial score (nSPS) is 22.1. The fourth-order valence-corrected chi connectivity index (χ4v) is 3.74. The smallest absolute Gasteiger partial charge is 0.227 e. The van der Waals surface area contributed by atoms with E-state index in [9.17, 15) is 4.79 Å².